The van der Waals surface area contributed by atoms with Gasteiger partial charge in [-0.15, -0.1) is 0 Å². The number of nitrogens with zero attached hydrogens (tertiary/aromatic N) is 4. The van der Waals surface area contributed by atoms with Crippen LogP contribution in [0.15, 0.2) is 0 Å². The third kappa shape index (κ3) is 13.4. The third-order valence-corrected chi connectivity index (χ3v) is 8.45. The van der Waals surface area contributed by atoms with Gasteiger partial charge in [-0.1, -0.05) is 0 Å². The predicted molar refractivity (Wildman–Crippen MR) is 170 cm³/mol. The number of aliphatic hydroxyl groups is 4. The van der Waals surface area contributed by atoms with Gasteiger partial charge in [0.25, 0.3) is 0 Å². The van der Waals surface area contributed by atoms with Gasteiger partial charge in [0.15, 0.2) is 0 Å². The van der Waals surface area contributed by atoms with Crippen molar-refractivity contribution in [3.05, 3.63) is 0 Å². The Morgan fingerprint density at radius 3 is 0.780 bits per heavy atom. The summed E-state index contributed by atoms with van der Waals surface area (Å²) in [6.07, 6.45) is -1.08. The normalized spacial score (nSPS) is 31.0. The van der Waals surface area contributed by atoms with Gasteiger partial charge in [-0.25, -0.2) is 0 Å². The first-order valence-corrected chi connectivity index (χ1v) is 15.6. The van der Waals surface area contributed by atoms with Crippen molar-refractivity contribution in [2.45, 2.75) is 148 Å². The third-order valence-electron chi connectivity index (χ3n) is 8.45. The quantitative estimate of drug-likeness (QED) is 0.241. The van der Waals surface area contributed by atoms with Crippen molar-refractivity contribution in [2.24, 2.45) is 11.5 Å². The second-order valence-electron chi connectivity index (χ2n) is 16.4. The largest absolute Gasteiger partial charge is 0.389 e. The maximum Gasteiger partial charge on any atom is 0.0938 e. The van der Waals surface area contributed by atoms with Gasteiger partial charge in [-0.05, 0) is 89.5 Å². The fourth-order valence-corrected chi connectivity index (χ4v) is 5.09. The zero-order chi connectivity index (χ0) is 32.1. The van der Waals surface area contributed by atoms with E-state index in [0.29, 0.717) is 49.3 Å². The summed E-state index contributed by atoms with van der Waals surface area (Å²) in [5.41, 5.74) is 12.2. The minimum atomic E-state index is -0.561. The van der Waals surface area contributed by atoms with Crippen LogP contribution < -0.4 is 11.5 Å². The highest BCUT2D eigenvalue weighted by Crippen LogP contribution is 2.22. The van der Waals surface area contributed by atoms with Gasteiger partial charge in [0, 0.05) is 86.6 Å². The van der Waals surface area contributed by atoms with E-state index in [1.54, 1.807) is 0 Å². The van der Waals surface area contributed by atoms with E-state index in [4.69, 9.17) is 11.5 Å². The number of rotatable bonds is 0. The van der Waals surface area contributed by atoms with Crippen LogP contribution in [0.3, 0.4) is 0 Å². The summed E-state index contributed by atoms with van der Waals surface area (Å²) in [6.45, 7) is 32.6. The molecule has 0 aromatic carbocycles. The molecule has 4 aliphatic heterocycles. The Hall–Kier alpha value is -0.400. The minimum Gasteiger partial charge on any atom is -0.389 e. The summed E-state index contributed by atoms with van der Waals surface area (Å²) in [4.78, 5) is 9.00. The summed E-state index contributed by atoms with van der Waals surface area (Å²) in [6, 6.07) is 0.850. The maximum absolute atomic E-state index is 9.24. The molecule has 4 aliphatic rings. The first-order valence-electron chi connectivity index (χ1n) is 15.6. The van der Waals surface area contributed by atoms with Gasteiger partial charge in [0.2, 0.25) is 0 Å². The maximum atomic E-state index is 9.24. The Morgan fingerprint density at radius 1 is 0.415 bits per heavy atom. The van der Waals surface area contributed by atoms with E-state index in [2.05, 4.69) is 103 Å². The van der Waals surface area contributed by atoms with E-state index in [-0.39, 0.29) is 11.1 Å². The summed E-state index contributed by atoms with van der Waals surface area (Å²) >= 11 is 0. The first kappa shape index (κ1) is 38.6. The van der Waals surface area contributed by atoms with Crippen molar-refractivity contribution in [1.82, 2.24) is 19.6 Å². The SMILES string of the molecule is CC(C)(C)N1CC(N)C1.CC(C)(C)N1CC[C@@H](N)C1.CC(C)(C)N1C[C@@H](O)[C@@H](O)C1.CC(C)(C)N1C[C@H](O)[C@@H](O)C1. The van der Waals surface area contributed by atoms with Crippen molar-refractivity contribution in [1.29, 1.82) is 0 Å². The Kier molecular flexibility index (Phi) is 14.2. The summed E-state index contributed by atoms with van der Waals surface area (Å²) in [7, 11) is 0. The average Bonchev–Trinajstić information content (AvgIpc) is 3.45. The molecule has 0 aromatic rings. The number of aliphatic hydroxyl groups excluding tert-OH is 4. The number of hydrogen-bond donors (Lipinski definition) is 6. The van der Waals surface area contributed by atoms with E-state index < -0.39 is 24.4 Å². The molecule has 4 saturated heterocycles. The highest BCUT2D eigenvalue weighted by atomic mass is 16.3. The highest BCUT2D eigenvalue weighted by molar-refractivity contribution is 4.92. The Labute approximate surface area is 252 Å². The smallest absolute Gasteiger partial charge is 0.0938 e. The van der Waals surface area contributed by atoms with Gasteiger partial charge in [-0.3, -0.25) is 19.6 Å². The second kappa shape index (κ2) is 15.1. The monoisotopic (exact) mass is 589 g/mol. The number of β-amino-alcohol motifs (C(OH)–C–C–N with tert-alkyl or cyclic N) is 4. The van der Waals surface area contributed by atoms with Crippen LogP contribution in [0.2, 0.25) is 0 Å². The first-order chi connectivity index (χ1) is 18.3. The molecular weight excluding hydrogens is 520 g/mol. The molecule has 0 bridgehead atoms. The lowest BCUT2D eigenvalue weighted by Gasteiger charge is -2.46. The van der Waals surface area contributed by atoms with Crippen molar-refractivity contribution in [3.63, 3.8) is 0 Å². The van der Waals surface area contributed by atoms with Crippen LogP contribution >= 0.6 is 0 Å². The molecule has 4 fully saturated rings. The van der Waals surface area contributed by atoms with Gasteiger partial charge < -0.3 is 31.9 Å². The van der Waals surface area contributed by atoms with Crippen LogP contribution in [0.4, 0.5) is 0 Å². The molecule has 0 aromatic heterocycles. The molecule has 10 heteroatoms. The lowest BCUT2D eigenvalue weighted by atomic mass is 9.98. The zero-order valence-electron chi connectivity index (χ0n) is 28.6. The van der Waals surface area contributed by atoms with E-state index in [1.165, 1.54) is 6.54 Å². The van der Waals surface area contributed by atoms with Gasteiger partial charge in [-0.2, -0.15) is 0 Å². The Bertz CT molecular complexity index is 698. The van der Waals surface area contributed by atoms with Crippen LogP contribution in [0, 0.1) is 0 Å². The van der Waals surface area contributed by atoms with E-state index in [1.807, 2.05) is 0 Å². The summed E-state index contributed by atoms with van der Waals surface area (Å²) < 4.78 is 0. The molecule has 246 valence electrons. The molecule has 0 amide bonds. The molecule has 0 unspecified atom stereocenters. The van der Waals surface area contributed by atoms with Crippen molar-refractivity contribution in [2.75, 3.05) is 52.4 Å². The van der Waals surface area contributed by atoms with Crippen LogP contribution in [-0.2, 0) is 0 Å². The zero-order valence-corrected chi connectivity index (χ0v) is 28.6. The van der Waals surface area contributed by atoms with Crippen molar-refractivity contribution >= 4 is 0 Å². The van der Waals surface area contributed by atoms with Crippen LogP contribution in [-0.4, -0.2) is 151 Å². The lowest BCUT2D eigenvalue weighted by Crippen LogP contribution is -2.62. The molecule has 0 aliphatic carbocycles. The molecule has 8 N–H and O–H groups in total. The molecule has 41 heavy (non-hydrogen) atoms. The van der Waals surface area contributed by atoms with E-state index in [0.717, 1.165) is 26.1 Å². The predicted octanol–water partition coefficient (Wildman–Crippen LogP) is 0.890. The van der Waals surface area contributed by atoms with E-state index >= 15 is 0 Å². The topological polar surface area (TPSA) is 146 Å². The number of hydrogen-bond acceptors (Lipinski definition) is 10. The fourth-order valence-electron chi connectivity index (χ4n) is 5.09. The van der Waals surface area contributed by atoms with Gasteiger partial charge in [0.05, 0.1) is 24.4 Å². The highest BCUT2D eigenvalue weighted by Gasteiger charge is 2.36. The average molecular weight is 589 g/mol. The molecule has 4 rings (SSSR count). The van der Waals surface area contributed by atoms with E-state index in [9.17, 15) is 20.4 Å². The molecule has 0 saturated carbocycles. The standard InChI is InChI=1S/C8H18N2.2C8H17NO2.C7H16N2/c1-8(2,3)10-5-4-7(9)6-10;2*1-8(2,3)9-4-6(10)7(11)5-9;1-7(2,3)9-4-6(8)5-9/h7H,4-6,9H2,1-3H3;2*6-7,10-11H,4-5H2,1-3H3;6H,4-5,8H2,1-3H3/t7-;6-,7+;6-,7-;/m1.0./s1. The van der Waals surface area contributed by atoms with Crippen molar-refractivity contribution < 1.29 is 20.4 Å². The molecule has 0 spiro atoms. The second-order valence-corrected chi connectivity index (χ2v) is 16.4. The molecule has 5 atom stereocenters. The summed E-state index contributed by atoms with van der Waals surface area (Å²) in [5.74, 6) is 0. The van der Waals surface area contributed by atoms with Crippen LogP contribution in [0.25, 0.3) is 0 Å². The van der Waals surface area contributed by atoms with Crippen molar-refractivity contribution in [3.8, 4) is 0 Å². The lowest BCUT2D eigenvalue weighted by molar-refractivity contribution is 0.0496. The number of nitrogens with two attached hydrogens (primary N) is 2. The fraction of sp³-hybridized carbons (Fsp3) is 1.00. The Morgan fingerprint density at radius 2 is 0.659 bits per heavy atom. The molecule has 0 radical (unpaired) electrons. The molecular formula is C31H68N6O4. The Balaban J connectivity index is 0.000000274. The van der Waals surface area contributed by atoms with Crippen LogP contribution in [0.5, 0.6) is 0 Å². The number of likely N-dealkylation sites (tertiary alicyclic amines) is 4. The van der Waals surface area contributed by atoms with Gasteiger partial charge >= 0.3 is 0 Å². The summed E-state index contributed by atoms with van der Waals surface area (Å²) in [5, 5.41) is 37.0. The molecule has 10 nitrogen and oxygen atoms in total. The minimum absolute atomic E-state index is 0.0540. The molecule has 4 heterocycles. The van der Waals surface area contributed by atoms with Crippen LogP contribution in [0.1, 0.15) is 89.5 Å². The van der Waals surface area contributed by atoms with Gasteiger partial charge in [0.1, 0.15) is 0 Å².